The lowest BCUT2D eigenvalue weighted by Gasteiger charge is -2.32. The number of benzene rings is 2. The number of hydrogen-bond acceptors (Lipinski definition) is 11. The third-order valence-corrected chi connectivity index (χ3v) is 4.45. The van der Waals surface area contributed by atoms with Gasteiger partial charge in [-0.25, -0.2) is 0 Å². The van der Waals surface area contributed by atoms with Crippen LogP contribution in [0.3, 0.4) is 0 Å². The fourth-order valence-electron chi connectivity index (χ4n) is 3.33. The van der Waals surface area contributed by atoms with E-state index in [1.807, 2.05) is 0 Å². The molecule has 0 bridgehead atoms. The van der Waals surface area contributed by atoms with Gasteiger partial charge in [0.05, 0.1) is 0 Å². The van der Waals surface area contributed by atoms with Crippen molar-refractivity contribution < 1.29 is 52.8 Å². The van der Waals surface area contributed by atoms with E-state index in [1.54, 1.807) is 0 Å². The van der Waals surface area contributed by atoms with E-state index in [9.17, 15) is 29.1 Å². The highest BCUT2D eigenvalue weighted by Crippen LogP contribution is 2.44. The Morgan fingerprint density at radius 2 is 1.44 bits per heavy atom. The first kappa shape index (κ1) is 24.2. The van der Waals surface area contributed by atoms with E-state index in [0.717, 1.165) is 33.8 Å². The summed E-state index contributed by atoms with van der Waals surface area (Å²) in [6.45, 7) is 4.55. The number of hydrogen-bond donors (Lipinski definition) is 1. The van der Waals surface area contributed by atoms with Crippen LogP contribution < -0.4 is 18.9 Å². The first-order valence-corrected chi connectivity index (χ1v) is 9.90. The van der Waals surface area contributed by atoms with Gasteiger partial charge in [0.15, 0.2) is 17.6 Å². The molecule has 2 aromatic carbocycles. The van der Waals surface area contributed by atoms with Gasteiger partial charge in [-0.2, -0.15) is 0 Å². The monoisotopic (exact) mass is 472 g/mol. The molecule has 0 unspecified atom stereocenters. The van der Waals surface area contributed by atoms with E-state index in [2.05, 4.69) is 0 Å². The molecule has 0 saturated carbocycles. The minimum Gasteiger partial charge on any atom is -0.507 e. The zero-order valence-corrected chi connectivity index (χ0v) is 18.6. The fourth-order valence-corrected chi connectivity index (χ4v) is 3.33. The van der Waals surface area contributed by atoms with Gasteiger partial charge in [0.2, 0.25) is 11.9 Å². The van der Waals surface area contributed by atoms with Gasteiger partial charge < -0.3 is 28.8 Å². The molecule has 11 heteroatoms. The largest absolute Gasteiger partial charge is 0.507 e. The van der Waals surface area contributed by atoms with Crippen LogP contribution in [0.15, 0.2) is 30.3 Å². The van der Waals surface area contributed by atoms with E-state index >= 15 is 0 Å². The molecule has 0 aliphatic carbocycles. The molecule has 0 fully saturated rings. The number of Topliss-reactive ketones (excluding diaryl/α,β-unsaturated/α-hetero) is 1. The molecular weight excluding hydrogens is 452 g/mol. The molecule has 0 amide bonds. The van der Waals surface area contributed by atoms with E-state index in [1.165, 1.54) is 24.3 Å². The Labute approximate surface area is 193 Å². The zero-order chi connectivity index (χ0) is 25.2. The molecular formula is C23H20O11. The number of carbonyl (C=O) groups excluding carboxylic acids is 5. The molecule has 0 saturated heterocycles. The molecule has 0 aromatic heterocycles. The molecule has 1 heterocycles. The van der Waals surface area contributed by atoms with Crippen molar-refractivity contribution in [2.75, 3.05) is 0 Å². The number of carbonyl (C=O) groups is 5. The summed E-state index contributed by atoms with van der Waals surface area (Å²) in [7, 11) is 0. The highest BCUT2D eigenvalue weighted by atomic mass is 16.6. The average molecular weight is 472 g/mol. The maximum atomic E-state index is 13.2. The second-order valence-electron chi connectivity index (χ2n) is 7.24. The smallest absolute Gasteiger partial charge is 0.308 e. The second kappa shape index (κ2) is 9.61. The first-order chi connectivity index (χ1) is 16.0. The van der Waals surface area contributed by atoms with Crippen LogP contribution in [0.25, 0.3) is 0 Å². The summed E-state index contributed by atoms with van der Waals surface area (Å²) in [4.78, 5) is 59.1. The lowest BCUT2D eigenvalue weighted by Crippen LogP contribution is -2.39. The maximum absolute atomic E-state index is 13.2. The van der Waals surface area contributed by atoms with Gasteiger partial charge in [-0.1, -0.05) is 6.07 Å². The van der Waals surface area contributed by atoms with Crippen LogP contribution in [-0.2, 0) is 23.9 Å². The van der Waals surface area contributed by atoms with Crippen molar-refractivity contribution in [1.82, 2.24) is 0 Å². The van der Waals surface area contributed by atoms with Gasteiger partial charge in [-0.05, 0) is 12.1 Å². The van der Waals surface area contributed by atoms with Gasteiger partial charge in [0.25, 0.3) is 0 Å². The number of phenolic OH excluding ortho intramolecular Hbond substituents is 1. The van der Waals surface area contributed by atoms with Gasteiger partial charge in [0.1, 0.15) is 22.8 Å². The number of aromatic hydroxyl groups is 1. The molecule has 2 atom stereocenters. The Hall–Kier alpha value is -4.41. The summed E-state index contributed by atoms with van der Waals surface area (Å²) in [5.41, 5.74) is -0.0510. The number of phenols is 1. The predicted molar refractivity (Wildman–Crippen MR) is 112 cm³/mol. The van der Waals surface area contributed by atoms with Crippen LogP contribution in [0.1, 0.15) is 49.7 Å². The van der Waals surface area contributed by atoms with Crippen molar-refractivity contribution in [2.24, 2.45) is 0 Å². The zero-order valence-electron chi connectivity index (χ0n) is 18.6. The summed E-state index contributed by atoms with van der Waals surface area (Å²) in [6.07, 6.45) is -2.77. The van der Waals surface area contributed by atoms with Gasteiger partial charge in [0, 0.05) is 45.4 Å². The van der Waals surface area contributed by atoms with Crippen molar-refractivity contribution in [2.45, 2.75) is 39.9 Å². The molecule has 1 aliphatic rings. The van der Waals surface area contributed by atoms with Crippen molar-refractivity contribution in [3.05, 3.63) is 41.5 Å². The van der Waals surface area contributed by atoms with Gasteiger partial charge >= 0.3 is 23.9 Å². The highest BCUT2D eigenvalue weighted by Gasteiger charge is 2.43. The molecule has 0 radical (unpaired) electrons. The third-order valence-electron chi connectivity index (χ3n) is 4.45. The predicted octanol–water partition coefficient (Wildman–Crippen LogP) is 2.42. The summed E-state index contributed by atoms with van der Waals surface area (Å²) in [6, 6.07) is 6.30. The van der Waals surface area contributed by atoms with Crippen LogP contribution in [0.4, 0.5) is 0 Å². The lowest BCUT2D eigenvalue weighted by atomic mass is 9.92. The number of ether oxygens (including phenoxy) is 5. The minimum absolute atomic E-state index is 0.0622. The van der Waals surface area contributed by atoms with Gasteiger partial charge in [-0.15, -0.1) is 0 Å². The number of rotatable bonds is 5. The van der Waals surface area contributed by atoms with Crippen molar-refractivity contribution in [3.8, 4) is 28.7 Å². The molecule has 1 aliphatic heterocycles. The van der Waals surface area contributed by atoms with Crippen molar-refractivity contribution in [1.29, 1.82) is 0 Å². The lowest BCUT2D eigenvalue weighted by molar-refractivity contribution is -0.149. The molecule has 1 N–H and O–H groups in total. The highest BCUT2D eigenvalue weighted by molar-refractivity contribution is 6.06. The summed E-state index contributed by atoms with van der Waals surface area (Å²) < 4.78 is 26.2. The standard InChI is InChI=1S/C23H20O11/c1-10(24)30-15-8-16(28)20-19(9-15)34-22(23(21(20)29)33-13(4)27)14-5-6-17(31-11(2)25)18(7-14)32-12(3)26/h5-9,22-23,28H,1-4H3/t22-,23+/m1/s1. The van der Waals surface area contributed by atoms with Crippen molar-refractivity contribution in [3.63, 3.8) is 0 Å². The number of ketones is 1. The van der Waals surface area contributed by atoms with Crippen molar-refractivity contribution >= 4 is 29.7 Å². The number of esters is 4. The third kappa shape index (κ3) is 5.31. The molecule has 178 valence electrons. The minimum atomic E-state index is -1.51. The normalized spacial score (nSPS) is 16.5. The van der Waals surface area contributed by atoms with E-state index in [4.69, 9.17) is 23.7 Å². The van der Waals surface area contributed by atoms with Crippen LogP contribution in [0.5, 0.6) is 28.7 Å². The number of fused-ring (bicyclic) bond motifs is 1. The van der Waals surface area contributed by atoms with Crippen LogP contribution in [0, 0.1) is 0 Å². The van der Waals surface area contributed by atoms with Crippen LogP contribution in [0.2, 0.25) is 0 Å². The topological polar surface area (TPSA) is 152 Å². The van der Waals surface area contributed by atoms with E-state index in [0.29, 0.717) is 0 Å². The van der Waals surface area contributed by atoms with E-state index < -0.39 is 47.6 Å². The molecule has 11 nitrogen and oxygen atoms in total. The average Bonchev–Trinajstić information content (AvgIpc) is 2.69. The Kier molecular flexibility index (Phi) is 6.85. The maximum Gasteiger partial charge on any atom is 0.308 e. The Bertz CT molecular complexity index is 1200. The molecule has 3 rings (SSSR count). The fraction of sp³-hybridized carbons (Fsp3) is 0.261. The summed E-state index contributed by atoms with van der Waals surface area (Å²) >= 11 is 0. The Balaban J connectivity index is 2.12. The van der Waals surface area contributed by atoms with Gasteiger partial charge in [-0.3, -0.25) is 24.0 Å². The molecule has 34 heavy (non-hydrogen) atoms. The quantitative estimate of drug-likeness (QED) is 0.504. The summed E-state index contributed by atoms with van der Waals surface area (Å²) in [5.74, 6) is -4.54. The second-order valence-corrected chi connectivity index (χ2v) is 7.24. The molecule has 2 aromatic rings. The van der Waals surface area contributed by atoms with E-state index in [-0.39, 0.29) is 34.1 Å². The Morgan fingerprint density at radius 1 is 0.824 bits per heavy atom. The summed E-state index contributed by atoms with van der Waals surface area (Å²) in [5, 5.41) is 10.4. The Morgan fingerprint density at radius 3 is 2.03 bits per heavy atom. The molecule has 0 spiro atoms. The van der Waals surface area contributed by atoms with Crippen LogP contribution in [-0.4, -0.2) is 40.9 Å². The van der Waals surface area contributed by atoms with Crippen LogP contribution >= 0.6 is 0 Å². The SMILES string of the molecule is CC(=O)Oc1cc(O)c2c(c1)O[C@H](c1ccc(OC(C)=O)c(OC(C)=O)c1)[C@@H](OC(C)=O)C2=O. The first-order valence-electron chi connectivity index (χ1n) is 9.90.